The zero-order valence-electron chi connectivity index (χ0n) is 18.3. The molecule has 1 atom stereocenters. The van der Waals surface area contributed by atoms with Gasteiger partial charge in [-0.25, -0.2) is 0 Å². The van der Waals surface area contributed by atoms with E-state index in [1.165, 1.54) is 0 Å². The standard InChI is InChI=1S/C23H34N2O4/c1-15(2)28-20-10-11-21-22(13-20)25(5)23(24-21)29-19-8-6-18(7-9-19)27-14-16(3)12-17(4)26/h10-11,13,15-16,18-19H,6-9,12,14H2,1-5H3/t16-,18?,19?/m1/s1. The van der Waals surface area contributed by atoms with Gasteiger partial charge < -0.3 is 19.0 Å². The van der Waals surface area contributed by atoms with Crippen LogP contribution in [0.15, 0.2) is 18.2 Å². The van der Waals surface area contributed by atoms with E-state index in [0.29, 0.717) is 19.0 Å². The Hall–Kier alpha value is -2.08. The van der Waals surface area contributed by atoms with E-state index in [1.807, 2.05) is 43.7 Å². The minimum Gasteiger partial charge on any atom is -0.491 e. The summed E-state index contributed by atoms with van der Waals surface area (Å²) in [4.78, 5) is 15.8. The molecule has 1 heterocycles. The van der Waals surface area contributed by atoms with Gasteiger partial charge in [0.15, 0.2) is 0 Å². The van der Waals surface area contributed by atoms with Gasteiger partial charge in [-0.2, -0.15) is 4.98 Å². The molecule has 2 aromatic rings. The van der Waals surface area contributed by atoms with E-state index in [4.69, 9.17) is 14.2 Å². The summed E-state index contributed by atoms with van der Waals surface area (Å²) in [5.41, 5.74) is 1.92. The van der Waals surface area contributed by atoms with Crippen LogP contribution >= 0.6 is 0 Å². The van der Waals surface area contributed by atoms with Crippen molar-refractivity contribution in [1.29, 1.82) is 0 Å². The summed E-state index contributed by atoms with van der Waals surface area (Å²) in [6.07, 6.45) is 5.02. The quantitative estimate of drug-likeness (QED) is 0.609. The van der Waals surface area contributed by atoms with Crippen molar-refractivity contribution in [2.75, 3.05) is 6.61 Å². The lowest BCUT2D eigenvalue weighted by atomic mass is 9.95. The lowest BCUT2D eigenvalue weighted by Crippen LogP contribution is -2.30. The fraction of sp³-hybridized carbons (Fsp3) is 0.652. The maximum Gasteiger partial charge on any atom is 0.297 e. The van der Waals surface area contributed by atoms with Gasteiger partial charge in [0.25, 0.3) is 6.01 Å². The Morgan fingerprint density at radius 3 is 2.52 bits per heavy atom. The number of ketones is 1. The number of ether oxygens (including phenoxy) is 3. The number of Topliss-reactive ketones (excluding diaryl/α,β-unsaturated/α-hetero) is 1. The summed E-state index contributed by atoms with van der Waals surface area (Å²) in [7, 11) is 1.98. The van der Waals surface area contributed by atoms with Crippen molar-refractivity contribution < 1.29 is 19.0 Å². The van der Waals surface area contributed by atoms with Crippen LogP contribution in [0.4, 0.5) is 0 Å². The molecule has 160 valence electrons. The molecule has 0 radical (unpaired) electrons. The van der Waals surface area contributed by atoms with Crippen LogP contribution in [0.1, 0.15) is 59.8 Å². The minimum atomic E-state index is 0.138. The van der Waals surface area contributed by atoms with Crippen molar-refractivity contribution in [3.8, 4) is 11.8 Å². The first-order valence-corrected chi connectivity index (χ1v) is 10.7. The first kappa shape index (κ1) is 21.6. The molecule has 0 amide bonds. The van der Waals surface area contributed by atoms with Crippen LogP contribution in [0.5, 0.6) is 11.8 Å². The zero-order chi connectivity index (χ0) is 21.0. The Morgan fingerprint density at radius 1 is 1.17 bits per heavy atom. The average Bonchev–Trinajstić information content (AvgIpc) is 2.96. The van der Waals surface area contributed by atoms with Crippen molar-refractivity contribution in [2.45, 2.75) is 78.1 Å². The predicted octanol–water partition coefficient (Wildman–Crippen LogP) is 4.68. The van der Waals surface area contributed by atoms with Crippen molar-refractivity contribution in [2.24, 2.45) is 13.0 Å². The highest BCUT2D eigenvalue weighted by atomic mass is 16.5. The molecule has 1 fully saturated rings. The number of nitrogens with zero attached hydrogens (tertiary/aromatic N) is 2. The number of carbonyl (C=O) groups is 1. The maximum atomic E-state index is 11.2. The third kappa shape index (κ3) is 5.95. The number of rotatable bonds is 9. The number of aryl methyl sites for hydroxylation is 1. The normalized spacial score (nSPS) is 20.8. The summed E-state index contributed by atoms with van der Waals surface area (Å²) in [5, 5.41) is 0. The first-order chi connectivity index (χ1) is 13.8. The Labute approximate surface area is 173 Å². The van der Waals surface area contributed by atoms with Gasteiger partial charge in [0.05, 0.1) is 23.2 Å². The number of carbonyl (C=O) groups excluding carboxylic acids is 1. The van der Waals surface area contributed by atoms with Crippen LogP contribution in [-0.4, -0.2) is 40.3 Å². The molecule has 0 unspecified atom stereocenters. The van der Waals surface area contributed by atoms with E-state index < -0.39 is 0 Å². The van der Waals surface area contributed by atoms with Gasteiger partial charge >= 0.3 is 0 Å². The lowest BCUT2D eigenvalue weighted by molar-refractivity contribution is -0.118. The van der Waals surface area contributed by atoms with E-state index in [9.17, 15) is 4.79 Å². The third-order valence-electron chi connectivity index (χ3n) is 5.33. The molecule has 1 saturated carbocycles. The summed E-state index contributed by atoms with van der Waals surface area (Å²) in [6, 6.07) is 6.60. The van der Waals surface area contributed by atoms with Crippen molar-refractivity contribution in [3.05, 3.63) is 18.2 Å². The van der Waals surface area contributed by atoms with E-state index in [0.717, 1.165) is 42.5 Å². The second kappa shape index (κ2) is 9.61. The Kier molecular flexibility index (Phi) is 7.17. The number of fused-ring (bicyclic) bond motifs is 1. The minimum absolute atomic E-state index is 0.138. The Bertz CT molecular complexity index is 822. The summed E-state index contributed by atoms with van der Waals surface area (Å²) in [5.74, 6) is 1.35. The fourth-order valence-electron chi connectivity index (χ4n) is 3.91. The summed E-state index contributed by atoms with van der Waals surface area (Å²) < 4.78 is 20.0. The van der Waals surface area contributed by atoms with Crippen LogP contribution in [0.2, 0.25) is 0 Å². The van der Waals surface area contributed by atoms with Gasteiger partial charge in [0.1, 0.15) is 17.6 Å². The second-order valence-electron chi connectivity index (χ2n) is 8.63. The maximum absolute atomic E-state index is 11.2. The van der Waals surface area contributed by atoms with Gasteiger partial charge in [-0.1, -0.05) is 6.92 Å². The summed E-state index contributed by atoms with van der Waals surface area (Å²) >= 11 is 0. The van der Waals surface area contributed by atoms with Crippen molar-refractivity contribution in [3.63, 3.8) is 0 Å². The number of benzene rings is 1. The molecule has 1 aromatic heterocycles. The molecule has 6 nitrogen and oxygen atoms in total. The van der Waals surface area contributed by atoms with Crippen molar-refractivity contribution >= 4 is 16.8 Å². The van der Waals surface area contributed by atoms with Gasteiger partial charge in [-0.15, -0.1) is 0 Å². The van der Waals surface area contributed by atoms with E-state index >= 15 is 0 Å². The monoisotopic (exact) mass is 402 g/mol. The Balaban J connectivity index is 1.53. The SMILES string of the molecule is CC(=O)C[C@@H](C)COC1CCC(Oc2nc3ccc(OC(C)C)cc3n2C)CC1. The van der Waals surface area contributed by atoms with Crippen LogP contribution in [-0.2, 0) is 16.6 Å². The van der Waals surface area contributed by atoms with Gasteiger partial charge in [0.2, 0.25) is 0 Å². The third-order valence-corrected chi connectivity index (χ3v) is 5.33. The van der Waals surface area contributed by atoms with E-state index in [2.05, 4.69) is 11.9 Å². The van der Waals surface area contributed by atoms with Crippen molar-refractivity contribution in [1.82, 2.24) is 9.55 Å². The topological polar surface area (TPSA) is 62.6 Å². The molecule has 0 N–H and O–H groups in total. The van der Waals surface area contributed by atoms with Crippen LogP contribution in [0, 0.1) is 5.92 Å². The average molecular weight is 403 g/mol. The molecule has 0 saturated heterocycles. The summed E-state index contributed by atoms with van der Waals surface area (Å²) in [6.45, 7) is 8.40. The highest BCUT2D eigenvalue weighted by molar-refractivity contribution is 5.78. The highest BCUT2D eigenvalue weighted by Gasteiger charge is 2.25. The van der Waals surface area contributed by atoms with Crippen LogP contribution in [0.25, 0.3) is 11.0 Å². The second-order valence-corrected chi connectivity index (χ2v) is 8.63. The highest BCUT2D eigenvalue weighted by Crippen LogP contribution is 2.29. The number of hydrogen-bond acceptors (Lipinski definition) is 5. The number of hydrogen-bond donors (Lipinski definition) is 0. The number of imidazole rings is 1. The molecular formula is C23H34N2O4. The van der Waals surface area contributed by atoms with Crippen LogP contribution < -0.4 is 9.47 Å². The van der Waals surface area contributed by atoms with E-state index in [-0.39, 0.29) is 30.0 Å². The lowest BCUT2D eigenvalue weighted by Gasteiger charge is -2.29. The first-order valence-electron chi connectivity index (χ1n) is 10.7. The molecular weight excluding hydrogens is 368 g/mol. The molecule has 0 bridgehead atoms. The zero-order valence-corrected chi connectivity index (χ0v) is 18.3. The van der Waals surface area contributed by atoms with Gasteiger partial charge in [0, 0.05) is 26.1 Å². The number of aromatic nitrogens is 2. The molecule has 0 spiro atoms. The largest absolute Gasteiger partial charge is 0.491 e. The smallest absolute Gasteiger partial charge is 0.297 e. The molecule has 0 aliphatic heterocycles. The molecule has 29 heavy (non-hydrogen) atoms. The van der Waals surface area contributed by atoms with Gasteiger partial charge in [-0.3, -0.25) is 4.57 Å². The van der Waals surface area contributed by atoms with E-state index in [1.54, 1.807) is 6.92 Å². The molecule has 1 aliphatic carbocycles. The Morgan fingerprint density at radius 2 is 1.86 bits per heavy atom. The predicted molar refractivity (Wildman–Crippen MR) is 114 cm³/mol. The van der Waals surface area contributed by atoms with Crippen LogP contribution in [0.3, 0.4) is 0 Å². The molecule has 1 aromatic carbocycles. The molecule has 1 aliphatic rings. The molecule has 3 rings (SSSR count). The van der Waals surface area contributed by atoms with Gasteiger partial charge in [-0.05, 0) is 64.5 Å². The molecule has 6 heteroatoms. The fourth-order valence-corrected chi connectivity index (χ4v) is 3.91.